The zero-order valence-electron chi connectivity index (χ0n) is 20.1. The van der Waals surface area contributed by atoms with Gasteiger partial charge in [0.05, 0.1) is 38.6 Å². The lowest BCUT2D eigenvalue weighted by Gasteiger charge is -2.31. The van der Waals surface area contributed by atoms with E-state index in [0.717, 1.165) is 41.6 Å². The number of hydrogen-bond donors (Lipinski definition) is 1. The molecule has 0 radical (unpaired) electrons. The van der Waals surface area contributed by atoms with Crippen molar-refractivity contribution in [2.75, 3.05) is 19.1 Å². The van der Waals surface area contributed by atoms with E-state index in [-0.39, 0.29) is 30.0 Å². The number of phenols is 1. The van der Waals surface area contributed by atoms with Crippen LogP contribution in [0.15, 0.2) is 48.7 Å². The molecule has 2 aromatic heterocycles. The number of carbonyl (C=O) groups is 1. The van der Waals surface area contributed by atoms with E-state index in [4.69, 9.17) is 9.47 Å². The Hall–Kier alpha value is -3.61. The SMILES string of the molecule is COc1ccc(CN(C(=O)C2CCCc3c(O)cccc32)c2ccc(C(C)C)nc2)c(OC)n1. The number of methoxy groups -OCH3 is 2. The van der Waals surface area contributed by atoms with Gasteiger partial charge in [-0.15, -0.1) is 0 Å². The number of aromatic hydroxyl groups is 1. The number of phenolic OH excluding ortho intramolecular Hbond substituents is 1. The van der Waals surface area contributed by atoms with Crippen LogP contribution in [0.5, 0.6) is 17.5 Å². The molecule has 0 bridgehead atoms. The van der Waals surface area contributed by atoms with Gasteiger partial charge in [0, 0.05) is 17.3 Å². The molecule has 1 aliphatic rings. The van der Waals surface area contributed by atoms with Gasteiger partial charge in [-0.05, 0) is 60.6 Å². The Bertz CT molecular complexity index is 1160. The summed E-state index contributed by atoms with van der Waals surface area (Å²) in [5.74, 6) is 1.01. The molecule has 7 heteroatoms. The molecule has 7 nitrogen and oxygen atoms in total. The highest BCUT2D eigenvalue weighted by Gasteiger charge is 2.32. The molecule has 34 heavy (non-hydrogen) atoms. The maximum atomic E-state index is 14.0. The van der Waals surface area contributed by atoms with E-state index in [1.165, 1.54) is 0 Å². The van der Waals surface area contributed by atoms with Crippen LogP contribution in [-0.4, -0.2) is 35.2 Å². The number of fused-ring (bicyclic) bond motifs is 1. The van der Waals surface area contributed by atoms with Crippen LogP contribution < -0.4 is 14.4 Å². The molecule has 0 saturated carbocycles. The highest BCUT2D eigenvalue weighted by atomic mass is 16.5. The number of nitrogens with zero attached hydrogens (tertiary/aromatic N) is 3. The minimum atomic E-state index is -0.349. The van der Waals surface area contributed by atoms with E-state index in [1.54, 1.807) is 43.5 Å². The molecule has 0 aliphatic heterocycles. The lowest BCUT2D eigenvalue weighted by molar-refractivity contribution is -0.120. The summed E-state index contributed by atoms with van der Waals surface area (Å²) in [7, 11) is 3.10. The Morgan fingerprint density at radius 3 is 2.65 bits per heavy atom. The van der Waals surface area contributed by atoms with Gasteiger partial charge in [0.15, 0.2) is 0 Å². The fourth-order valence-corrected chi connectivity index (χ4v) is 4.50. The summed E-state index contributed by atoms with van der Waals surface area (Å²) < 4.78 is 10.7. The second-order valence-electron chi connectivity index (χ2n) is 8.83. The molecule has 0 spiro atoms. The third-order valence-corrected chi connectivity index (χ3v) is 6.37. The first kappa shape index (κ1) is 23.5. The first-order valence-corrected chi connectivity index (χ1v) is 11.6. The number of amides is 1. The van der Waals surface area contributed by atoms with Gasteiger partial charge in [-0.3, -0.25) is 9.78 Å². The number of benzene rings is 1. The predicted octanol–water partition coefficient (Wildman–Crippen LogP) is 4.98. The highest BCUT2D eigenvalue weighted by molar-refractivity contribution is 5.98. The van der Waals surface area contributed by atoms with Gasteiger partial charge in [0.1, 0.15) is 5.75 Å². The predicted molar refractivity (Wildman–Crippen MR) is 131 cm³/mol. The molecular weight excluding hydrogens is 430 g/mol. The molecule has 1 aromatic carbocycles. The normalized spacial score (nSPS) is 15.0. The van der Waals surface area contributed by atoms with Crippen LogP contribution >= 0.6 is 0 Å². The molecule has 0 saturated heterocycles. The standard InChI is InChI=1S/C27H31N3O4/c1-17(2)23-13-12-19(15-28-23)30(16-18-11-14-25(33-3)29-26(18)34-4)27(32)22-9-5-8-21-20(22)7-6-10-24(21)31/h6-7,10-15,17,22,31H,5,8-9,16H2,1-4H3. The van der Waals surface area contributed by atoms with E-state index in [1.807, 2.05) is 24.3 Å². The quantitative estimate of drug-likeness (QED) is 0.534. The number of ether oxygens (including phenoxy) is 2. The minimum Gasteiger partial charge on any atom is -0.508 e. The van der Waals surface area contributed by atoms with E-state index < -0.39 is 0 Å². The molecule has 1 unspecified atom stereocenters. The van der Waals surface area contributed by atoms with Gasteiger partial charge in [-0.2, -0.15) is 4.98 Å². The van der Waals surface area contributed by atoms with Crippen molar-refractivity contribution >= 4 is 11.6 Å². The van der Waals surface area contributed by atoms with Crippen molar-refractivity contribution in [3.05, 3.63) is 71.0 Å². The summed E-state index contributed by atoms with van der Waals surface area (Å²) in [6.45, 7) is 4.45. The van der Waals surface area contributed by atoms with Crippen LogP contribution in [0.2, 0.25) is 0 Å². The van der Waals surface area contributed by atoms with Crippen LogP contribution in [0.1, 0.15) is 60.9 Å². The van der Waals surface area contributed by atoms with Crippen LogP contribution in [0.25, 0.3) is 0 Å². The molecule has 1 N–H and O–H groups in total. The van der Waals surface area contributed by atoms with E-state index in [0.29, 0.717) is 17.4 Å². The van der Waals surface area contributed by atoms with Crippen molar-refractivity contribution in [2.45, 2.75) is 51.5 Å². The average molecular weight is 462 g/mol. The first-order valence-electron chi connectivity index (χ1n) is 11.6. The maximum absolute atomic E-state index is 14.0. The summed E-state index contributed by atoms with van der Waals surface area (Å²) >= 11 is 0. The van der Waals surface area contributed by atoms with E-state index >= 15 is 0 Å². The van der Waals surface area contributed by atoms with Crippen molar-refractivity contribution < 1.29 is 19.4 Å². The molecule has 4 rings (SSSR count). The van der Waals surface area contributed by atoms with Crippen molar-refractivity contribution in [1.82, 2.24) is 9.97 Å². The van der Waals surface area contributed by atoms with Crippen LogP contribution in [0.4, 0.5) is 5.69 Å². The fourth-order valence-electron chi connectivity index (χ4n) is 4.50. The first-order chi connectivity index (χ1) is 16.4. The van der Waals surface area contributed by atoms with E-state index in [9.17, 15) is 9.90 Å². The Labute approximate surface area is 200 Å². The summed E-state index contributed by atoms with van der Waals surface area (Å²) in [4.78, 5) is 24.8. The Kier molecular flexibility index (Phi) is 7.01. The molecule has 1 atom stereocenters. The number of anilines is 1. The fraction of sp³-hybridized carbons (Fsp3) is 0.370. The summed E-state index contributed by atoms with van der Waals surface area (Å²) in [5, 5.41) is 10.4. The van der Waals surface area contributed by atoms with Gasteiger partial charge in [0.25, 0.3) is 0 Å². The smallest absolute Gasteiger partial charge is 0.234 e. The Balaban J connectivity index is 1.74. The van der Waals surface area contributed by atoms with Gasteiger partial charge in [-0.1, -0.05) is 26.0 Å². The van der Waals surface area contributed by atoms with Gasteiger partial charge in [0.2, 0.25) is 17.7 Å². The summed E-state index contributed by atoms with van der Waals surface area (Å²) in [6, 6.07) is 13.0. The second kappa shape index (κ2) is 10.1. The third kappa shape index (κ3) is 4.69. The Morgan fingerprint density at radius 2 is 1.97 bits per heavy atom. The number of hydrogen-bond acceptors (Lipinski definition) is 6. The minimum absolute atomic E-state index is 0.0384. The number of rotatable bonds is 7. The van der Waals surface area contributed by atoms with Crippen LogP contribution in [-0.2, 0) is 17.8 Å². The molecule has 1 aliphatic carbocycles. The van der Waals surface area contributed by atoms with Gasteiger partial charge in [-0.25, -0.2) is 0 Å². The van der Waals surface area contributed by atoms with Crippen molar-refractivity contribution in [3.63, 3.8) is 0 Å². The molecule has 3 aromatic rings. The number of pyridine rings is 2. The molecular formula is C27H31N3O4. The zero-order valence-corrected chi connectivity index (χ0v) is 20.1. The Morgan fingerprint density at radius 1 is 1.15 bits per heavy atom. The largest absolute Gasteiger partial charge is 0.508 e. The lowest BCUT2D eigenvalue weighted by Crippen LogP contribution is -2.36. The molecule has 1 amide bonds. The van der Waals surface area contributed by atoms with Crippen molar-refractivity contribution in [1.29, 1.82) is 0 Å². The molecule has 2 heterocycles. The molecule has 178 valence electrons. The summed E-state index contributed by atoms with van der Waals surface area (Å²) in [6.07, 6.45) is 4.09. The number of aromatic nitrogens is 2. The van der Waals surface area contributed by atoms with Gasteiger partial charge < -0.3 is 19.5 Å². The van der Waals surface area contributed by atoms with Crippen molar-refractivity contribution in [3.8, 4) is 17.5 Å². The second-order valence-corrected chi connectivity index (χ2v) is 8.83. The monoisotopic (exact) mass is 461 g/mol. The zero-order chi connectivity index (χ0) is 24.2. The average Bonchev–Trinajstić information content (AvgIpc) is 2.87. The van der Waals surface area contributed by atoms with Crippen LogP contribution in [0, 0.1) is 0 Å². The third-order valence-electron chi connectivity index (χ3n) is 6.37. The topological polar surface area (TPSA) is 84.8 Å². The molecule has 0 fully saturated rings. The highest BCUT2D eigenvalue weighted by Crippen LogP contribution is 2.38. The van der Waals surface area contributed by atoms with Gasteiger partial charge >= 0.3 is 0 Å². The maximum Gasteiger partial charge on any atom is 0.234 e. The van der Waals surface area contributed by atoms with Crippen LogP contribution in [0.3, 0.4) is 0 Å². The lowest BCUT2D eigenvalue weighted by atomic mass is 9.81. The summed E-state index contributed by atoms with van der Waals surface area (Å²) in [5.41, 5.74) is 4.20. The van der Waals surface area contributed by atoms with E-state index in [2.05, 4.69) is 23.8 Å². The van der Waals surface area contributed by atoms with Crippen molar-refractivity contribution in [2.24, 2.45) is 0 Å². The number of carbonyl (C=O) groups excluding carboxylic acids is 1.